The summed E-state index contributed by atoms with van der Waals surface area (Å²) in [7, 11) is 0. The van der Waals surface area contributed by atoms with Crippen molar-refractivity contribution in [2.75, 3.05) is 17.3 Å². The minimum absolute atomic E-state index is 0.252. The van der Waals surface area contributed by atoms with Gasteiger partial charge >= 0.3 is 0 Å². The highest BCUT2D eigenvalue weighted by molar-refractivity contribution is 7.98. The molecule has 30 heavy (non-hydrogen) atoms. The molecule has 3 rings (SSSR count). The number of nitrogens with one attached hydrogen (secondary N) is 2. The third-order valence-electron chi connectivity index (χ3n) is 4.42. The number of carbonyl (C=O) groups excluding carboxylic acids is 1. The summed E-state index contributed by atoms with van der Waals surface area (Å²) in [5.41, 5.74) is 2.49. The molecular weight excluding hydrogens is 402 g/mol. The molecule has 0 saturated carbocycles. The predicted molar refractivity (Wildman–Crippen MR) is 116 cm³/mol. The number of benzene rings is 1. The number of aryl methyl sites for hydroxylation is 2. The largest absolute Gasteiger partial charge is 0.323 e. The van der Waals surface area contributed by atoms with E-state index in [-0.39, 0.29) is 11.9 Å². The van der Waals surface area contributed by atoms with Crippen molar-refractivity contribution in [3.8, 4) is 0 Å². The number of nitrogens with zero attached hydrogens (tertiary/aromatic N) is 7. The zero-order valence-electron chi connectivity index (χ0n) is 17.0. The lowest BCUT2D eigenvalue weighted by atomic mass is 10.1. The van der Waals surface area contributed by atoms with E-state index in [1.54, 1.807) is 16.4 Å². The molecule has 2 N–H and O–H groups in total. The van der Waals surface area contributed by atoms with Crippen LogP contribution in [0.25, 0.3) is 0 Å². The van der Waals surface area contributed by atoms with Gasteiger partial charge in [-0.05, 0) is 47.4 Å². The second kappa shape index (κ2) is 10.6. The molecule has 2 aromatic heterocycles. The summed E-state index contributed by atoms with van der Waals surface area (Å²) in [6.45, 7) is 7.47. The van der Waals surface area contributed by atoms with Gasteiger partial charge in [0, 0.05) is 30.7 Å². The maximum atomic E-state index is 11.5. The maximum Gasteiger partial charge on any atom is 0.247 e. The van der Waals surface area contributed by atoms with E-state index in [2.05, 4.69) is 43.1 Å². The number of hydrogen-bond acceptors (Lipinski definition) is 8. The molecule has 1 atom stereocenters. The van der Waals surface area contributed by atoms with Gasteiger partial charge < -0.3 is 5.32 Å². The van der Waals surface area contributed by atoms with Gasteiger partial charge in [-0.3, -0.25) is 14.8 Å². The molecule has 0 aliphatic rings. The van der Waals surface area contributed by atoms with Gasteiger partial charge in [0.05, 0.1) is 18.3 Å². The maximum absolute atomic E-state index is 11.5. The van der Waals surface area contributed by atoms with Gasteiger partial charge in [-0.25, -0.2) is 4.68 Å². The number of thioether (sulfide) groups is 1. The molecule has 0 radical (unpaired) electrons. The molecule has 0 bridgehead atoms. The van der Waals surface area contributed by atoms with Crippen molar-refractivity contribution in [2.24, 2.45) is 0 Å². The standard InChI is InChI=1S/C19H25N9OS/c1-4-17(29)21-15-8-6-14(7-9-15)18(19-23-24-26-28(19)10-11-30-3)20-12-16-13-27(5-2)25-22-16/h4,6-9,13,18,20H,1,5,10-12H2,2-3H3,(H,21,29). The molecule has 0 fully saturated rings. The lowest BCUT2D eigenvalue weighted by molar-refractivity contribution is -0.111. The number of tetrazole rings is 1. The number of carbonyl (C=O) groups is 1. The van der Waals surface area contributed by atoms with Crippen molar-refractivity contribution >= 4 is 23.4 Å². The highest BCUT2D eigenvalue weighted by Crippen LogP contribution is 2.22. The molecule has 0 spiro atoms. The average Bonchev–Trinajstić information content (AvgIpc) is 3.43. The first kappa shape index (κ1) is 21.7. The SMILES string of the molecule is C=CC(=O)Nc1ccc(C(NCc2cn(CC)nn2)c2nnnn2CCSC)cc1. The Hall–Kier alpha value is -3.05. The first-order valence-corrected chi connectivity index (χ1v) is 10.9. The van der Waals surface area contributed by atoms with Gasteiger partial charge in [-0.15, -0.1) is 10.2 Å². The van der Waals surface area contributed by atoms with E-state index >= 15 is 0 Å². The van der Waals surface area contributed by atoms with Crippen LogP contribution in [-0.4, -0.2) is 53.1 Å². The molecule has 1 unspecified atom stereocenters. The van der Waals surface area contributed by atoms with Crippen LogP contribution in [-0.2, 0) is 24.4 Å². The van der Waals surface area contributed by atoms with Crippen molar-refractivity contribution in [2.45, 2.75) is 32.6 Å². The van der Waals surface area contributed by atoms with Crippen molar-refractivity contribution in [1.82, 2.24) is 40.5 Å². The predicted octanol–water partition coefficient (Wildman–Crippen LogP) is 1.65. The zero-order valence-corrected chi connectivity index (χ0v) is 17.8. The molecule has 10 nitrogen and oxygen atoms in total. The second-order valence-electron chi connectivity index (χ2n) is 6.45. The van der Waals surface area contributed by atoms with Crippen LogP contribution in [0, 0.1) is 0 Å². The van der Waals surface area contributed by atoms with Crippen LogP contribution in [0.2, 0.25) is 0 Å². The smallest absolute Gasteiger partial charge is 0.247 e. The van der Waals surface area contributed by atoms with E-state index in [4.69, 9.17) is 0 Å². The number of amides is 1. The highest BCUT2D eigenvalue weighted by atomic mass is 32.2. The summed E-state index contributed by atoms with van der Waals surface area (Å²) in [5.74, 6) is 1.37. The Morgan fingerprint density at radius 1 is 1.27 bits per heavy atom. The molecule has 0 aliphatic carbocycles. The quantitative estimate of drug-likeness (QED) is 0.444. The number of aromatic nitrogens is 7. The Labute approximate surface area is 179 Å². The van der Waals surface area contributed by atoms with E-state index in [1.807, 2.05) is 48.3 Å². The van der Waals surface area contributed by atoms with Crippen LogP contribution in [0.1, 0.15) is 30.0 Å². The fraction of sp³-hybridized carbons (Fsp3) is 0.368. The topological polar surface area (TPSA) is 115 Å². The van der Waals surface area contributed by atoms with Gasteiger partial charge in [-0.1, -0.05) is 23.9 Å². The van der Waals surface area contributed by atoms with E-state index in [0.717, 1.165) is 29.4 Å². The Balaban J connectivity index is 1.84. The average molecular weight is 428 g/mol. The lowest BCUT2D eigenvalue weighted by Crippen LogP contribution is -2.26. The molecule has 1 aromatic carbocycles. The minimum Gasteiger partial charge on any atom is -0.323 e. The van der Waals surface area contributed by atoms with E-state index in [0.29, 0.717) is 18.8 Å². The number of hydrogen-bond donors (Lipinski definition) is 2. The third-order valence-corrected chi connectivity index (χ3v) is 5.01. The van der Waals surface area contributed by atoms with E-state index < -0.39 is 0 Å². The molecule has 0 saturated heterocycles. The van der Waals surface area contributed by atoms with Crippen LogP contribution in [0.15, 0.2) is 43.1 Å². The van der Waals surface area contributed by atoms with Crippen molar-refractivity contribution in [1.29, 1.82) is 0 Å². The van der Waals surface area contributed by atoms with E-state index in [1.165, 1.54) is 6.08 Å². The van der Waals surface area contributed by atoms with Gasteiger partial charge in [0.1, 0.15) is 0 Å². The fourth-order valence-corrected chi connectivity index (χ4v) is 3.20. The molecule has 11 heteroatoms. The third kappa shape index (κ3) is 5.51. The first-order chi connectivity index (χ1) is 14.6. The summed E-state index contributed by atoms with van der Waals surface area (Å²) in [4.78, 5) is 11.5. The molecule has 3 aromatic rings. The summed E-state index contributed by atoms with van der Waals surface area (Å²) in [5, 5.41) is 26.8. The second-order valence-corrected chi connectivity index (χ2v) is 7.43. The van der Waals surface area contributed by atoms with Crippen LogP contribution >= 0.6 is 11.8 Å². The van der Waals surface area contributed by atoms with Crippen LogP contribution in [0.5, 0.6) is 0 Å². The number of rotatable bonds is 11. The minimum atomic E-state index is -0.252. The Kier molecular flexibility index (Phi) is 7.69. The first-order valence-electron chi connectivity index (χ1n) is 9.55. The van der Waals surface area contributed by atoms with Crippen molar-refractivity contribution in [3.63, 3.8) is 0 Å². The molecule has 2 heterocycles. The Morgan fingerprint density at radius 2 is 2.07 bits per heavy atom. The van der Waals surface area contributed by atoms with Crippen LogP contribution in [0.4, 0.5) is 5.69 Å². The van der Waals surface area contributed by atoms with Crippen molar-refractivity contribution in [3.05, 3.63) is 60.2 Å². The summed E-state index contributed by atoms with van der Waals surface area (Å²) >= 11 is 1.74. The summed E-state index contributed by atoms with van der Waals surface area (Å²) in [6.07, 6.45) is 5.20. The highest BCUT2D eigenvalue weighted by Gasteiger charge is 2.21. The van der Waals surface area contributed by atoms with Gasteiger partial charge in [0.25, 0.3) is 0 Å². The lowest BCUT2D eigenvalue weighted by Gasteiger charge is -2.18. The van der Waals surface area contributed by atoms with Gasteiger partial charge in [-0.2, -0.15) is 11.8 Å². The zero-order chi connectivity index (χ0) is 21.3. The summed E-state index contributed by atoms with van der Waals surface area (Å²) < 4.78 is 3.59. The molecular formula is C19H25N9OS. The Morgan fingerprint density at radius 3 is 2.73 bits per heavy atom. The van der Waals surface area contributed by atoms with Gasteiger partial charge in [0.15, 0.2) is 5.82 Å². The monoisotopic (exact) mass is 427 g/mol. The molecule has 0 aliphatic heterocycles. The fourth-order valence-electron chi connectivity index (χ4n) is 2.85. The van der Waals surface area contributed by atoms with Crippen molar-refractivity contribution < 1.29 is 4.79 Å². The number of anilines is 1. The molecule has 1 amide bonds. The van der Waals surface area contributed by atoms with Crippen LogP contribution in [0.3, 0.4) is 0 Å². The van der Waals surface area contributed by atoms with Gasteiger partial charge in [0.2, 0.25) is 5.91 Å². The Bertz CT molecular complexity index is 967. The molecule has 158 valence electrons. The van der Waals surface area contributed by atoms with E-state index in [9.17, 15) is 4.79 Å². The van der Waals surface area contributed by atoms with Crippen LogP contribution < -0.4 is 10.6 Å². The normalized spacial score (nSPS) is 11.9. The summed E-state index contributed by atoms with van der Waals surface area (Å²) in [6, 6.07) is 7.31.